The number of nitrogens with zero attached hydrogens (tertiary/aromatic N) is 1. The fourth-order valence-corrected chi connectivity index (χ4v) is 1.75. The minimum atomic E-state index is -4.37. The number of ether oxygens (including phenoxy) is 1. The molecule has 0 saturated heterocycles. The lowest BCUT2D eigenvalue weighted by molar-refractivity contribution is -0.134. The number of rotatable bonds is 3. The Labute approximate surface area is 125 Å². The Hall–Kier alpha value is -1.50. The van der Waals surface area contributed by atoms with Crippen LogP contribution in [0.25, 0.3) is 0 Å². The number of pyridine rings is 1. The molecular weight excluding hydrogens is 309 g/mol. The highest BCUT2D eigenvalue weighted by molar-refractivity contribution is 6.20. The number of carbonyl (C=O) groups is 1. The van der Waals surface area contributed by atoms with Gasteiger partial charge in [-0.05, 0) is 38.5 Å². The van der Waals surface area contributed by atoms with Crippen LogP contribution in [0.5, 0.6) is 0 Å². The molecule has 1 heterocycles. The summed E-state index contributed by atoms with van der Waals surface area (Å²) in [5, 5.41) is 1.10. The predicted molar refractivity (Wildman–Crippen MR) is 73.4 cm³/mol. The second kappa shape index (κ2) is 6.51. The molecule has 0 spiro atoms. The molecule has 8 heteroatoms. The third kappa shape index (κ3) is 7.17. The zero-order valence-corrected chi connectivity index (χ0v) is 12.5. The van der Waals surface area contributed by atoms with Crippen molar-refractivity contribution in [1.82, 2.24) is 4.98 Å². The summed E-state index contributed by atoms with van der Waals surface area (Å²) in [7, 11) is 0. The number of anilines is 1. The molecule has 1 unspecified atom stereocenters. The van der Waals surface area contributed by atoms with Crippen LogP contribution in [0.4, 0.5) is 23.8 Å². The Kier molecular flexibility index (Phi) is 5.44. The van der Waals surface area contributed by atoms with E-state index >= 15 is 0 Å². The lowest BCUT2D eigenvalue weighted by atomic mass is 10.1. The monoisotopic (exact) mass is 324 g/mol. The molecule has 0 fully saturated rings. The van der Waals surface area contributed by atoms with Crippen molar-refractivity contribution in [3.05, 3.63) is 23.9 Å². The largest absolute Gasteiger partial charge is 0.444 e. The molecule has 0 saturated carbocycles. The van der Waals surface area contributed by atoms with Crippen LogP contribution in [0.3, 0.4) is 0 Å². The quantitative estimate of drug-likeness (QED) is 0.823. The Morgan fingerprint density at radius 2 is 2.05 bits per heavy atom. The number of alkyl halides is 4. The highest BCUT2D eigenvalue weighted by atomic mass is 35.5. The van der Waals surface area contributed by atoms with Gasteiger partial charge in [0.2, 0.25) is 0 Å². The molecule has 1 N–H and O–H groups in total. The maximum atomic E-state index is 12.3. The number of halogens is 4. The van der Waals surface area contributed by atoms with Crippen LogP contribution in [-0.4, -0.2) is 22.9 Å². The first-order valence-corrected chi connectivity index (χ1v) is 6.57. The van der Waals surface area contributed by atoms with Gasteiger partial charge in [-0.2, -0.15) is 13.2 Å². The standard InChI is InChI=1S/C13H16ClF3N2O2/c1-12(2,3)21-11(20)19-10-6-8(4-5-18-10)9(14)7-13(15,16)17/h4-6,9H,7H2,1-3H3,(H,18,19,20). The Bertz CT molecular complexity index is 501. The Morgan fingerprint density at radius 1 is 1.43 bits per heavy atom. The van der Waals surface area contributed by atoms with E-state index in [0.717, 1.165) is 0 Å². The zero-order chi connectivity index (χ0) is 16.3. The van der Waals surface area contributed by atoms with Crippen molar-refractivity contribution in [3.8, 4) is 0 Å². The van der Waals surface area contributed by atoms with Crippen LogP contribution in [-0.2, 0) is 4.74 Å². The van der Waals surface area contributed by atoms with Gasteiger partial charge in [0.15, 0.2) is 0 Å². The molecule has 0 bridgehead atoms. The summed E-state index contributed by atoms with van der Waals surface area (Å²) in [6.07, 6.45) is -5.00. The number of hydrogen-bond donors (Lipinski definition) is 1. The lowest BCUT2D eigenvalue weighted by Gasteiger charge is -2.19. The number of aromatic nitrogens is 1. The van der Waals surface area contributed by atoms with E-state index in [1.807, 2.05) is 0 Å². The van der Waals surface area contributed by atoms with Crippen LogP contribution < -0.4 is 5.32 Å². The van der Waals surface area contributed by atoms with Crippen molar-refractivity contribution in [2.75, 3.05) is 5.32 Å². The van der Waals surface area contributed by atoms with E-state index < -0.39 is 29.7 Å². The average Bonchev–Trinajstić information content (AvgIpc) is 2.24. The molecule has 21 heavy (non-hydrogen) atoms. The highest BCUT2D eigenvalue weighted by Gasteiger charge is 2.31. The van der Waals surface area contributed by atoms with E-state index in [1.165, 1.54) is 18.3 Å². The van der Waals surface area contributed by atoms with Crippen molar-refractivity contribution in [3.63, 3.8) is 0 Å². The van der Waals surface area contributed by atoms with Gasteiger partial charge in [0.05, 0.1) is 11.8 Å². The first-order chi connectivity index (χ1) is 9.46. The minimum Gasteiger partial charge on any atom is -0.444 e. The molecule has 0 aliphatic heterocycles. The van der Waals surface area contributed by atoms with E-state index in [4.69, 9.17) is 16.3 Å². The molecule has 1 atom stereocenters. The third-order valence-electron chi connectivity index (χ3n) is 2.19. The van der Waals surface area contributed by atoms with Crippen molar-refractivity contribution in [2.45, 2.75) is 44.3 Å². The third-order valence-corrected chi connectivity index (χ3v) is 2.59. The molecule has 118 valence electrons. The van der Waals surface area contributed by atoms with E-state index in [2.05, 4.69) is 10.3 Å². The summed E-state index contributed by atoms with van der Waals surface area (Å²) in [4.78, 5) is 15.4. The van der Waals surface area contributed by atoms with Crippen LogP contribution in [0.1, 0.15) is 38.1 Å². The maximum Gasteiger partial charge on any atom is 0.413 e. The fourth-order valence-electron chi connectivity index (χ4n) is 1.44. The second-order valence-corrected chi connectivity index (χ2v) is 5.91. The van der Waals surface area contributed by atoms with E-state index in [0.29, 0.717) is 0 Å². The number of nitrogens with one attached hydrogen (secondary N) is 1. The van der Waals surface area contributed by atoms with Gasteiger partial charge in [-0.15, -0.1) is 11.6 Å². The Morgan fingerprint density at radius 3 is 2.57 bits per heavy atom. The molecule has 1 aromatic rings. The van der Waals surface area contributed by atoms with Crippen molar-refractivity contribution in [2.24, 2.45) is 0 Å². The van der Waals surface area contributed by atoms with Gasteiger partial charge < -0.3 is 4.74 Å². The van der Waals surface area contributed by atoms with Gasteiger partial charge in [0.25, 0.3) is 0 Å². The molecule has 4 nitrogen and oxygen atoms in total. The van der Waals surface area contributed by atoms with Crippen molar-refractivity contribution in [1.29, 1.82) is 0 Å². The SMILES string of the molecule is CC(C)(C)OC(=O)Nc1cc(C(Cl)CC(F)(F)F)ccn1. The van der Waals surface area contributed by atoms with Gasteiger partial charge in [-0.25, -0.2) is 9.78 Å². The van der Waals surface area contributed by atoms with Gasteiger partial charge in [-0.1, -0.05) is 0 Å². The predicted octanol–water partition coefficient (Wildman–Crippen LogP) is 4.66. The maximum absolute atomic E-state index is 12.3. The summed E-state index contributed by atoms with van der Waals surface area (Å²) >= 11 is 5.71. The zero-order valence-electron chi connectivity index (χ0n) is 11.8. The first kappa shape index (κ1) is 17.6. The van der Waals surface area contributed by atoms with Gasteiger partial charge in [0.1, 0.15) is 11.4 Å². The molecule has 0 aliphatic rings. The smallest absolute Gasteiger partial charge is 0.413 e. The summed E-state index contributed by atoms with van der Waals surface area (Å²) in [6.45, 7) is 5.07. The number of amides is 1. The van der Waals surface area contributed by atoms with Crippen LogP contribution in [0, 0.1) is 0 Å². The van der Waals surface area contributed by atoms with Gasteiger partial charge in [0, 0.05) is 6.20 Å². The molecule has 0 aromatic carbocycles. The van der Waals surface area contributed by atoms with Crippen LogP contribution in [0.15, 0.2) is 18.3 Å². The van der Waals surface area contributed by atoms with E-state index in [-0.39, 0.29) is 11.4 Å². The summed E-state index contributed by atoms with van der Waals surface area (Å²) in [6, 6.07) is 2.65. The number of carbonyl (C=O) groups excluding carboxylic acids is 1. The second-order valence-electron chi connectivity index (χ2n) is 5.39. The Balaban J connectivity index is 2.75. The van der Waals surface area contributed by atoms with Crippen LogP contribution >= 0.6 is 11.6 Å². The summed E-state index contributed by atoms with van der Waals surface area (Å²) in [5.74, 6) is 0.0783. The molecule has 1 aromatic heterocycles. The van der Waals surface area contributed by atoms with E-state index in [1.54, 1.807) is 20.8 Å². The lowest BCUT2D eigenvalue weighted by Crippen LogP contribution is -2.27. The van der Waals surface area contributed by atoms with Gasteiger partial charge >= 0.3 is 12.3 Å². The molecule has 1 amide bonds. The number of hydrogen-bond acceptors (Lipinski definition) is 3. The highest BCUT2D eigenvalue weighted by Crippen LogP contribution is 2.34. The van der Waals surface area contributed by atoms with E-state index in [9.17, 15) is 18.0 Å². The van der Waals surface area contributed by atoms with Crippen molar-refractivity contribution >= 4 is 23.5 Å². The normalized spacial score (nSPS) is 13.7. The molecular formula is C13H16ClF3N2O2. The summed E-state index contributed by atoms with van der Waals surface area (Å²) in [5.41, 5.74) is -0.470. The van der Waals surface area contributed by atoms with Gasteiger partial charge in [-0.3, -0.25) is 5.32 Å². The first-order valence-electron chi connectivity index (χ1n) is 6.13. The van der Waals surface area contributed by atoms with Crippen LogP contribution in [0.2, 0.25) is 0 Å². The fraction of sp³-hybridized carbons (Fsp3) is 0.538. The molecule has 0 radical (unpaired) electrons. The summed E-state index contributed by atoms with van der Waals surface area (Å²) < 4.78 is 41.9. The minimum absolute atomic E-state index is 0.0783. The molecule has 1 rings (SSSR count). The van der Waals surface area contributed by atoms with Crippen molar-refractivity contribution < 1.29 is 22.7 Å². The molecule has 0 aliphatic carbocycles. The topological polar surface area (TPSA) is 51.2 Å². The average molecular weight is 325 g/mol.